The summed E-state index contributed by atoms with van der Waals surface area (Å²) in [5.41, 5.74) is 0.280. The lowest BCUT2D eigenvalue weighted by molar-refractivity contribution is 0.111. The molecule has 5 heteroatoms. The number of phenols is 1. The number of carbonyl (C=O) groups is 1. The van der Waals surface area contributed by atoms with Gasteiger partial charge >= 0.3 is 0 Å². The normalized spacial score (nSPS) is 13.8. The van der Waals surface area contributed by atoms with E-state index in [-0.39, 0.29) is 27.8 Å². The summed E-state index contributed by atoms with van der Waals surface area (Å²) in [5.74, 6) is 0.214. The van der Waals surface area contributed by atoms with Gasteiger partial charge in [-0.1, -0.05) is 11.6 Å². The second-order valence-electron chi connectivity index (χ2n) is 2.77. The van der Waals surface area contributed by atoms with Crippen LogP contribution in [0.1, 0.15) is 10.4 Å². The topological polar surface area (TPSA) is 55.8 Å². The van der Waals surface area contributed by atoms with Gasteiger partial charge in [-0.15, -0.1) is 0 Å². The number of ether oxygens (including phenoxy) is 2. The van der Waals surface area contributed by atoms with Crippen molar-refractivity contribution in [2.75, 3.05) is 13.2 Å². The van der Waals surface area contributed by atoms with Crippen molar-refractivity contribution >= 4 is 17.9 Å². The molecule has 0 fully saturated rings. The van der Waals surface area contributed by atoms with Gasteiger partial charge in [-0.3, -0.25) is 4.79 Å². The monoisotopic (exact) mass is 214 g/mol. The van der Waals surface area contributed by atoms with Crippen LogP contribution in [-0.4, -0.2) is 24.6 Å². The molecule has 0 saturated carbocycles. The van der Waals surface area contributed by atoms with Crippen LogP contribution in [0.15, 0.2) is 6.07 Å². The van der Waals surface area contributed by atoms with E-state index in [1.807, 2.05) is 0 Å². The maximum absolute atomic E-state index is 10.7. The first kappa shape index (κ1) is 9.15. The Morgan fingerprint density at radius 1 is 1.36 bits per heavy atom. The van der Waals surface area contributed by atoms with E-state index in [2.05, 4.69) is 0 Å². The first-order valence-electron chi connectivity index (χ1n) is 4.00. The highest BCUT2D eigenvalue weighted by Gasteiger charge is 2.22. The lowest BCUT2D eigenvalue weighted by Crippen LogP contribution is -2.16. The van der Waals surface area contributed by atoms with E-state index in [1.165, 1.54) is 6.07 Å². The molecule has 0 bridgehead atoms. The number of halogens is 1. The zero-order valence-electron chi connectivity index (χ0n) is 7.12. The molecule has 1 heterocycles. The van der Waals surface area contributed by atoms with E-state index < -0.39 is 0 Å². The predicted octanol–water partition coefficient (Wildman–Crippen LogP) is 1.63. The smallest absolute Gasteiger partial charge is 0.205 e. The number of carbonyl (C=O) groups excluding carboxylic acids is 1. The van der Waals surface area contributed by atoms with Crippen molar-refractivity contribution in [3.63, 3.8) is 0 Å². The van der Waals surface area contributed by atoms with E-state index in [4.69, 9.17) is 21.1 Å². The van der Waals surface area contributed by atoms with Crippen LogP contribution in [0.3, 0.4) is 0 Å². The summed E-state index contributed by atoms with van der Waals surface area (Å²) in [5, 5.41) is 9.59. The van der Waals surface area contributed by atoms with Crippen LogP contribution in [0.4, 0.5) is 0 Å². The van der Waals surface area contributed by atoms with Gasteiger partial charge in [-0.2, -0.15) is 0 Å². The van der Waals surface area contributed by atoms with Gasteiger partial charge < -0.3 is 14.6 Å². The van der Waals surface area contributed by atoms with E-state index in [0.717, 1.165) is 0 Å². The van der Waals surface area contributed by atoms with E-state index in [9.17, 15) is 9.90 Å². The Labute approximate surface area is 85.0 Å². The number of hydrogen-bond donors (Lipinski definition) is 1. The molecule has 1 aromatic rings. The average molecular weight is 215 g/mol. The van der Waals surface area contributed by atoms with Crippen LogP contribution in [0, 0.1) is 0 Å². The Kier molecular flexibility index (Phi) is 2.21. The number of rotatable bonds is 1. The molecule has 0 aliphatic carbocycles. The quantitative estimate of drug-likeness (QED) is 0.722. The van der Waals surface area contributed by atoms with Crippen molar-refractivity contribution in [1.29, 1.82) is 0 Å². The molecule has 14 heavy (non-hydrogen) atoms. The zero-order chi connectivity index (χ0) is 10.1. The van der Waals surface area contributed by atoms with Crippen LogP contribution < -0.4 is 9.47 Å². The zero-order valence-corrected chi connectivity index (χ0v) is 7.87. The first-order valence-corrected chi connectivity index (χ1v) is 4.38. The Hall–Kier alpha value is -1.42. The number of hydrogen-bond acceptors (Lipinski definition) is 4. The number of aldehydes is 1. The number of aromatic hydroxyl groups is 1. The van der Waals surface area contributed by atoms with E-state index in [0.29, 0.717) is 19.5 Å². The second-order valence-corrected chi connectivity index (χ2v) is 3.18. The first-order chi connectivity index (χ1) is 6.74. The highest BCUT2D eigenvalue weighted by Crippen LogP contribution is 2.45. The standard InChI is InChI=1S/C9H7ClO4/c10-6-3-5(4-11)8-9(7(6)12)14-2-1-13-8/h3-4,12H,1-2H2. The molecule has 74 valence electrons. The van der Waals surface area contributed by atoms with E-state index in [1.54, 1.807) is 0 Å². The molecule has 0 spiro atoms. The fourth-order valence-electron chi connectivity index (χ4n) is 1.28. The Bertz CT molecular complexity index is 389. The van der Waals surface area contributed by atoms with Gasteiger partial charge in [0.05, 0.1) is 10.6 Å². The van der Waals surface area contributed by atoms with Crippen LogP contribution in [0.5, 0.6) is 17.2 Å². The van der Waals surface area contributed by atoms with Gasteiger partial charge in [0.2, 0.25) is 5.75 Å². The molecule has 0 radical (unpaired) electrons. The van der Waals surface area contributed by atoms with Gasteiger partial charge in [-0.25, -0.2) is 0 Å². The largest absolute Gasteiger partial charge is 0.503 e. The van der Waals surface area contributed by atoms with Gasteiger partial charge in [-0.05, 0) is 6.07 Å². The molecular weight excluding hydrogens is 208 g/mol. The van der Waals surface area contributed by atoms with Crippen LogP contribution in [0.25, 0.3) is 0 Å². The van der Waals surface area contributed by atoms with Crippen molar-refractivity contribution in [3.05, 3.63) is 16.7 Å². The molecule has 1 N–H and O–H groups in total. The van der Waals surface area contributed by atoms with Gasteiger partial charge in [0, 0.05) is 0 Å². The van der Waals surface area contributed by atoms with Crippen LogP contribution in [0.2, 0.25) is 5.02 Å². The van der Waals surface area contributed by atoms with Crippen molar-refractivity contribution in [2.24, 2.45) is 0 Å². The second kappa shape index (κ2) is 3.38. The number of fused-ring (bicyclic) bond motifs is 1. The highest BCUT2D eigenvalue weighted by atomic mass is 35.5. The molecule has 0 amide bonds. The molecule has 4 nitrogen and oxygen atoms in total. The highest BCUT2D eigenvalue weighted by molar-refractivity contribution is 6.32. The summed E-state index contributed by atoms with van der Waals surface area (Å²) in [6.07, 6.45) is 0.610. The van der Waals surface area contributed by atoms with Crippen LogP contribution >= 0.6 is 11.6 Å². The summed E-state index contributed by atoms with van der Waals surface area (Å²) in [4.78, 5) is 10.7. The summed E-state index contributed by atoms with van der Waals surface area (Å²) < 4.78 is 10.4. The molecule has 0 unspecified atom stereocenters. The molecule has 2 rings (SSSR count). The summed E-state index contributed by atoms with van der Waals surface area (Å²) in [6.45, 7) is 0.689. The minimum Gasteiger partial charge on any atom is -0.503 e. The van der Waals surface area contributed by atoms with Crippen molar-refractivity contribution in [3.8, 4) is 17.2 Å². The lowest BCUT2D eigenvalue weighted by atomic mass is 10.2. The van der Waals surface area contributed by atoms with Gasteiger partial charge in [0.25, 0.3) is 0 Å². The third kappa shape index (κ3) is 1.28. The molecule has 0 atom stereocenters. The molecule has 0 aromatic heterocycles. The average Bonchev–Trinajstić information content (AvgIpc) is 2.23. The van der Waals surface area contributed by atoms with Crippen molar-refractivity contribution in [1.82, 2.24) is 0 Å². The van der Waals surface area contributed by atoms with Gasteiger partial charge in [0.15, 0.2) is 17.8 Å². The van der Waals surface area contributed by atoms with Gasteiger partial charge in [0.1, 0.15) is 13.2 Å². The minimum atomic E-state index is -0.188. The molecule has 1 aliphatic rings. The van der Waals surface area contributed by atoms with E-state index >= 15 is 0 Å². The molecule has 1 aliphatic heterocycles. The fourth-order valence-corrected chi connectivity index (χ4v) is 1.48. The Balaban J connectivity index is 2.66. The lowest BCUT2D eigenvalue weighted by Gasteiger charge is -2.20. The predicted molar refractivity (Wildman–Crippen MR) is 49.5 cm³/mol. The molecule has 0 saturated heterocycles. The molecular formula is C9H7ClO4. The maximum atomic E-state index is 10.7. The maximum Gasteiger partial charge on any atom is 0.205 e. The number of benzene rings is 1. The van der Waals surface area contributed by atoms with Crippen molar-refractivity contribution in [2.45, 2.75) is 0 Å². The summed E-state index contributed by atoms with van der Waals surface area (Å²) in [7, 11) is 0. The molecule has 1 aromatic carbocycles. The van der Waals surface area contributed by atoms with Crippen molar-refractivity contribution < 1.29 is 19.4 Å². The summed E-state index contributed by atoms with van der Waals surface area (Å²) >= 11 is 5.69. The Morgan fingerprint density at radius 3 is 2.64 bits per heavy atom. The Morgan fingerprint density at radius 2 is 2.00 bits per heavy atom. The third-order valence-corrected chi connectivity index (χ3v) is 2.18. The minimum absolute atomic E-state index is 0.0800. The third-order valence-electron chi connectivity index (χ3n) is 1.90. The number of phenolic OH excluding ortho intramolecular Hbond substituents is 1. The fraction of sp³-hybridized carbons (Fsp3) is 0.222. The summed E-state index contributed by atoms with van der Waals surface area (Å²) in [6, 6.07) is 1.34. The van der Waals surface area contributed by atoms with Crippen LogP contribution in [-0.2, 0) is 0 Å². The SMILES string of the molecule is O=Cc1cc(Cl)c(O)c2c1OCCO2.